The molecular weight excluding hydrogens is 472 g/mol. The zero-order valence-electron chi connectivity index (χ0n) is 20.2. The molecule has 2 aromatic carbocycles. The number of methoxy groups -OCH3 is 1. The van der Waals surface area contributed by atoms with Crippen molar-refractivity contribution in [3.05, 3.63) is 58.7 Å². The van der Waals surface area contributed by atoms with Crippen molar-refractivity contribution in [2.24, 2.45) is 11.8 Å². The molecule has 35 heavy (non-hydrogen) atoms. The van der Waals surface area contributed by atoms with Crippen LogP contribution in [0.5, 0.6) is 5.75 Å². The van der Waals surface area contributed by atoms with Crippen LogP contribution in [0.3, 0.4) is 0 Å². The lowest BCUT2D eigenvalue weighted by Crippen LogP contribution is -2.45. The van der Waals surface area contributed by atoms with Crippen LogP contribution < -0.4 is 9.92 Å². The molecule has 0 spiro atoms. The smallest absolute Gasteiger partial charge is 0.307 e. The Balaban J connectivity index is 1.67. The van der Waals surface area contributed by atoms with Crippen molar-refractivity contribution in [2.45, 2.75) is 44.9 Å². The maximum Gasteiger partial charge on any atom is 0.307 e. The van der Waals surface area contributed by atoms with E-state index in [0.717, 1.165) is 5.56 Å². The van der Waals surface area contributed by atoms with E-state index in [9.17, 15) is 28.3 Å². The van der Waals surface area contributed by atoms with Gasteiger partial charge < -0.3 is 14.7 Å². The van der Waals surface area contributed by atoms with E-state index in [4.69, 9.17) is 4.74 Å². The van der Waals surface area contributed by atoms with Crippen LogP contribution in [-0.2, 0) is 27.2 Å². The predicted molar refractivity (Wildman–Crippen MR) is 128 cm³/mol. The van der Waals surface area contributed by atoms with E-state index in [-0.39, 0.29) is 41.8 Å². The number of halogens is 2. The van der Waals surface area contributed by atoms with Gasteiger partial charge in [-0.3, -0.25) is 14.4 Å². The number of carboxylic acid groups (broad SMARTS) is 1. The number of fused-ring (bicyclic) bond motifs is 1. The molecule has 0 bridgehead atoms. The summed E-state index contributed by atoms with van der Waals surface area (Å²) in [5.41, 5.74) is 1.68. The molecule has 0 saturated heterocycles. The average molecular weight is 502 g/mol. The van der Waals surface area contributed by atoms with Gasteiger partial charge in [-0.15, -0.1) is 0 Å². The van der Waals surface area contributed by atoms with Crippen LogP contribution in [0.25, 0.3) is 0 Å². The molecule has 9 heteroatoms. The lowest BCUT2D eigenvalue weighted by Gasteiger charge is -2.37. The molecule has 0 aromatic heterocycles. The molecule has 2 unspecified atom stereocenters. The minimum absolute atomic E-state index is 0.0917. The lowest BCUT2D eigenvalue weighted by molar-refractivity contribution is -0.144. The topological polar surface area (TPSA) is 83.9 Å². The minimum atomic E-state index is -2.27. The monoisotopic (exact) mass is 501 g/mol. The molecule has 1 aliphatic carbocycles. The third kappa shape index (κ3) is 4.87. The van der Waals surface area contributed by atoms with Gasteiger partial charge in [-0.05, 0) is 53.8 Å². The summed E-state index contributed by atoms with van der Waals surface area (Å²) in [6, 6.07) is 6.70. The Morgan fingerprint density at radius 2 is 1.74 bits per heavy atom. The van der Waals surface area contributed by atoms with Gasteiger partial charge in [0.15, 0.2) is 5.78 Å². The highest BCUT2D eigenvalue weighted by molar-refractivity contribution is 6.88. The van der Waals surface area contributed by atoms with Gasteiger partial charge in [0, 0.05) is 18.2 Å². The molecule has 1 saturated carbocycles. The maximum absolute atomic E-state index is 14.8. The van der Waals surface area contributed by atoms with Crippen LogP contribution >= 0.6 is 0 Å². The van der Waals surface area contributed by atoms with Gasteiger partial charge in [0.1, 0.15) is 23.4 Å². The first-order chi connectivity index (χ1) is 16.4. The number of carbonyl (C=O) groups is 3. The fourth-order valence-electron chi connectivity index (χ4n) is 5.01. The second-order valence-electron chi connectivity index (χ2n) is 10.4. The lowest BCUT2D eigenvalue weighted by atomic mass is 9.87. The predicted octanol–water partition coefficient (Wildman–Crippen LogP) is 3.48. The van der Waals surface area contributed by atoms with Crippen LogP contribution in [0.2, 0.25) is 19.6 Å². The number of hydrogen-bond acceptors (Lipinski definition) is 4. The number of rotatable bonds is 7. The number of aliphatic carboxylic acids is 1. The van der Waals surface area contributed by atoms with Crippen molar-refractivity contribution in [3.63, 3.8) is 0 Å². The summed E-state index contributed by atoms with van der Waals surface area (Å²) < 4.78 is 34.9. The molecule has 1 amide bonds. The standard InChI is InChI=1S/C26H29F2NO5Si/c1-34-16-5-6-17-15(12-16)7-8-29(25(31)18-13-19(18)26(32)33)23(17)22(30)11-14-9-20(27)24(21(28)10-14)35(2,3)4/h5-6,9-10,12,18-19,23H,7-8,11,13H2,1-4H3,(H,32,33)/t18?,19?,23-/m1/s1. The number of Topliss-reactive ketones (excluding diaryl/α,β-unsaturated/α-hetero) is 1. The molecule has 0 radical (unpaired) electrons. The third-order valence-corrected chi connectivity index (χ3v) is 8.80. The fourth-order valence-corrected chi connectivity index (χ4v) is 6.59. The van der Waals surface area contributed by atoms with Crippen molar-refractivity contribution in [2.75, 3.05) is 13.7 Å². The molecule has 1 heterocycles. The summed E-state index contributed by atoms with van der Waals surface area (Å²) in [6.07, 6.45) is 0.475. The van der Waals surface area contributed by atoms with Crippen LogP contribution in [0.15, 0.2) is 30.3 Å². The molecule has 6 nitrogen and oxygen atoms in total. The van der Waals surface area contributed by atoms with Gasteiger partial charge in [0.2, 0.25) is 5.91 Å². The summed E-state index contributed by atoms with van der Waals surface area (Å²) in [6.45, 7) is 5.78. The first-order valence-electron chi connectivity index (χ1n) is 11.6. The molecule has 1 aliphatic heterocycles. The van der Waals surface area contributed by atoms with Gasteiger partial charge in [0.25, 0.3) is 0 Å². The molecule has 1 N–H and O–H groups in total. The van der Waals surface area contributed by atoms with Crippen LogP contribution in [-0.4, -0.2) is 49.4 Å². The van der Waals surface area contributed by atoms with Crippen LogP contribution in [0, 0.1) is 23.5 Å². The number of amides is 1. The Morgan fingerprint density at radius 1 is 1.09 bits per heavy atom. The van der Waals surface area contributed by atoms with Crippen molar-refractivity contribution >= 4 is 30.9 Å². The number of benzene rings is 2. The number of ketones is 1. The van der Waals surface area contributed by atoms with E-state index in [1.54, 1.807) is 12.1 Å². The third-order valence-electron chi connectivity index (χ3n) is 6.82. The molecule has 4 rings (SSSR count). The van der Waals surface area contributed by atoms with Crippen molar-refractivity contribution in [1.82, 2.24) is 4.90 Å². The second kappa shape index (κ2) is 9.18. The van der Waals surface area contributed by atoms with Gasteiger partial charge in [0.05, 0.1) is 27.0 Å². The Kier molecular flexibility index (Phi) is 6.57. The summed E-state index contributed by atoms with van der Waals surface area (Å²) in [5.74, 6) is -3.87. The molecular formula is C26H29F2NO5Si. The molecule has 186 valence electrons. The van der Waals surface area contributed by atoms with E-state index in [0.29, 0.717) is 17.7 Å². The Morgan fingerprint density at radius 3 is 2.29 bits per heavy atom. The number of hydrogen-bond donors (Lipinski definition) is 1. The quantitative estimate of drug-likeness (QED) is 0.588. The Labute approximate surface area is 203 Å². The summed E-state index contributed by atoms with van der Waals surface area (Å²) in [4.78, 5) is 39.6. The zero-order valence-corrected chi connectivity index (χ0v) is 21.2. The van der Waals surface area contributed by atoms with Crippen molar-refractivity contribution in [3.8, 4) is 5.75 Å². The van der Waals surface area contributed by atoms with E-state index in [1.165, 1.54) is 24.1 Å². The van der Waals surface area contributed by atoms with E-state index >= 15 is 0 Å². The highest BCUT2D eigenvalue weighted by atomic mass is 28.3. The zero-order chi connectivity index (χ0) is 25.7. The van der Waals surface area contributed by atoms with Crippen LogP contribution in [0.4, 0.5) is 8.78 Å². The highest BCUT2D eigenvalue weighted by Gasteiger charge is 2.52. The van der Waals surface area contributed by atoms with Gasteiger partial charge in [-0.1, -0.05) is 25.7 Å². The number of ether oxygens (including phenoxy) is 1. The van der Waals surface area contributed by atoms with E-state index in [1.807, 2.05) is 25.7 Å². The average Bonchev–Trinajstić information content (AvgIpc) is 3.57. The van der Waals surface area contributed by atoms with E-state index < -0.39 is 43.6 Å². The van der Waals surface area contributed by atoms with Gasteiger partial charge in [-0.2, -0.15) is 0 Å². The Hall–Kier alpha value is -3.07. The summed E-state index contributed by atoms with van der Waals surface area (Å²) >= 11 is 0. The SMILES string of the molecule is COc1ccc2c(c1)CCN(C(=O)C1CC1C(=O)O)[C@H]2C(=O)Cc1cc(F)c([Si](C)(C)C)c(F)c1. The Bertz CT molecular complexity index is 1190. The van der Waals surface area contributed by atoms with Crippen molar-refractivity contribution in [1.29, 1.82) is 0 Å². The first-order valence-corrected chi connectivity index (χ1v) is 15.1. The van der Waals surface area contributed by atoms with E-state index in [2.05, 4.69) is 0 Å². The first kappa shape index (κ1) is 25.0. The number of nitrogens with zero attached hydrogens (tertiary/aromatic N) is 1. The molecule has 2 aliphatic rings. The largest absolute Gasteiger partial charge is 0.497 e. The van der Waals surface area contributed by atoms with Crippen molar-refractivity contribution < 1.29 is 33.0 Å². The van der Waals surface area contributed by atoms with Gasteiger partial charge >= 0.3 is 5.97 Å². The maximum atomic E-state index is 14.8. The number of carboxylic acids is 1. The fraction of sp³-hybridized carbons (Fsp3) is 0.423. The molecule has 2 aromatic rings. The molecule has 1 fully saturated rings. The normalized spacial score (nSPS) is 21.3. The second-order valence-corrected chi connectivity index (χ2v) is 15.4. The van der Waals surface area contributed by atoms with Gasteiger partial charge in [-0.25, -0.2) is 8.78 Å². The summed E-state index contributed by atoms with van der Waals surface area (Å²) in [7, 11) is -0.732. The summed E-state index contributed by atoms with van der Waals surface area (Å²) in [5, 5.41) is 9.36. The minimum Gasteiger partial charge on any atom is -0.497 e. The number of carbonyl (C=O) groups excluding carboxylic acids is 2. The van der Waals surface area contributed by atoms with Crippen LogP contribution in [0.1, 0.15) is 29.2 Å². The highest BCUT2D eigenvalue weighted by Crippen LogP contribution is 2.43. The molecule has 3 atom stereocenters.